The third-order valence-corrected chi connectivity index (χ3v) is 3.02. The summed E-state index contributed by atoms with van der Waals surface area (Å²) in [4.78, 5) is 4.05. The van der Waals surface area contributed by atoms with Crippen LogP contribution >= 0.6 is 11.6 Å². The van der Waals surface area contributed by atoms with Crippen LogP contribution in [0.25, 0.3) is 11.3 Å². The van der Waals surface area contributed by atoms with Crippen LogP contribution in [0, 0.1) is 11.6 Å². The van der Waals surface area contributed by atoms with Crippen LogP contribution in [0.4, 0.5) is 8.78 Å². The van der Waals surface area contributed by atoms with E-state index in [1.807, 2.05) is 0 Å². The molecule has 0 aliphatic carbocycles. The first-order chi connectivity index (χ1) is 8.79. The molecule has 0 atom stereocenters. The third-order valence-electron chi connectivity index (χ3n) is 2.73. The third kappa shape index (κ3) is 2.91. The van der Waals surface area contributed by atoms with Crippen molar-refractivity contribution in [3.8, 4) is 11.3 Å². The van der Waals surface area contributed by atoms with E-state index in [9.17, 15) is 13.9 Å². The largest absolute Gasteiger partial charge is 0.386 e. The van der Waals surface area contributed by atoms with Gasteiger partial charge in [-0.3, -0.25) is 4.98 Å². The summed E-state index contributed by atoms with van der Waals surface area (Å²) in [6.07, 6.45) is 1.42. The van der Waals surface area contributed by atoms with Crippen LogP contribution in [0.15, 0.2) is 30.5 Å². The highest BCUT2D eigenvalue weighted by atomic mass is 35.5. The minimum atomic E-state index is -1.09. The lowest BCUT2D eigenvalue weighted by molar-refractivity contribution is 0.0782. The Balaban J connectivity index is 2.52. The molecule has 0 saturated heterocycles. The van der Waals surface area contributed by atoms with Crippen LogP contribution in [-0.2, 0) is 5.60 Å². The smallest absolute Gasteiger partial charge is 0.135 e. The van der Waals surface area contributed by atoms with Gasteiger partial charge in [0.1, 0.15) is 11.6 Å². The Hall–Kier alpha value is -1.52. The van der Waals surface area contributed by atoms with E-state index in [-0.39, 0.29) is 16.3 Å². The van der Waals surface area contributed by atoms with Gasteiger partial charge in [-0.1, -0.05) is 11.6 Å². The zero-order chi connectivity index (χ0) is 14.2. The highest BCUT2D eigenvalue weighted by Crippen LogP contribution is 2.31. The second kappa shape index (κ2) is 4.87. The standard InChI is InChI=1S/C14H12ClF2NO/c1-14(2,19)8-5-11(15)13(18-7-8)10-4-3-9(16)6-12(10)17/h3-7,19H,1-2H3. The van der Waals surface area contributed by atoms with Gasteiger partial charge in [0.05, 0.1) is 16.3 Å². The van der Waals surface area contributed by atoms with E-state index in [1.54, 1.807) is 13.8 Å². The number of nitrogens with zero attached hydrogens (tertiary/aromatic N) is 1. The van der Waals surface area contributed by atoms with E-state index in [2.05, 4.69) is 4.98 Å². The molecule has 1 aromatic carbocycles. The summed E-state index contributed by atoms with van der Waals surface area (Å²) in [5.74, 6) is -1.39. The van der Waals surface area contributed by atoms with Crippen LogP contribution < -0.4 is 0 Å². The molecular formula is C14H12ClF2NO. The van der Waals surface area contributed by atoms with Crippen LogP contribution in [0.3, 0.4) is 0 Å². The summed E-state index contributed by atoms with van der Waals surface area (Å²) in [5.41, 5.74) is -0.235. The van der Waals surface area contributed by atoms with Gasteiger partial charge in [-0.25, -0.2) is 8.78 Å². The highest BCUT2D eigenvalue weighted by Gasteiger charge is 2.19. The molecule has 2 aromatic rings. The molecular weight excluding hydrogens is 272 g/mol. The summed E-state index contributed by atoms with van der Waals surface area (Å²) >= 11 is 6.05. The molecule has 5 heteroatoms. The van der Waals surface area contributed by atoms with Crippen molar-refractivity contribution in [3.05, 3.63) is 52.7 Å². The quantitative estimate of drug-likeness (QED) is 0.906. The van der Waals surface area contributed by atoms with Crippen LogP contribution in [0.1, 0.15) is 19.4 Å². The maximum Gasteiger partial charge on any atom is 0.135 e. The molecule has 0 aliphatic heterocycles. The predicted molar refractivity (Wildman–Crippen MR) is 69.8 cm³/mol. The average molecular weight is 284 g/mol. The average Bonchev–Trinajstić information content (AvgIpc) is 2.28. The molecule has 0 amide bonds. The second-order valence-electron chi connectivity index (χ2n) is 4.74. The number of pyridine rings is 1. The van der Waals surface area contributed by atoms with Gasteiger partial charge in [-0.05, 0) is 32.0 Å². The molecule has 2 nitrogen and oxygen atoms in total. The van der Waals surface area contributed by atoms with Crippen molar-refractivity contribution in [2.45, 2.75) is 19.4 Å². The van der Waals surface area contributed by atoms with Gasteiger partial charge in [0.25, 0.3) is 0 Å². The maximum atomic E-state index is 13.7. The fourth-order valence-electron chi connectivity index (χ4n) is 1.65. The minimum absolute atomic E-state index is 0.119. The molecule has 1 aromatic heterocycles. The molecule has 1 N–H and O–H groups in total. The molecule has 0 bridgehead atoms. The first-order valence-corrected chi connectivity index (χ1v) is 6.00. The SMILES string of the molecule is CC(C)(O)c1cnc(-c2ccc(F)cc2F)c(Cl)c1. The lowest BCUT2D eigenvalue weighted by Gasteiger charge is -2.18. The minimum Gasteiger partial charge on any atom is -0.386 e. The molecule has 0 aliphatic rings. The Morgan fingerprint density at radius 1 is 1.21 bits per heavy atom. The predicted octanol–water partition coefficient (Wildman–Crippen LogP) is 3.91. The fourth-order valence-corrected chi connectivity index (χ4v) is 1.92. The van der Waals surface area contributed by atoms with Gasteiger partial charge in [0.2, 0.25) is 0 Å². The number of rotatable bonds is 2. The van der Waals surface area contributed by atoms with Crippen LogP contribution in [-0.4, -0.2) is 10.1 Å². The van der Waals surface area contributed by atoms with E-state index >= 15 is 0 Å². The molecule has 0 unspecified atom stereocenters. The summed E-state index contributed by atoms with van der Waals surface area (Å²) in [7, 11) is 0. The summed E-state index contributed by atoms with van der Waals surface area (Å²) in [5, 5.41) is 10.0. The molecule has 100 valence electrons. The number of hydrogen-bond donors (Lipinski definition) is 1. The van der Waals surface area contributed by atoms with Crippen molar-refractivity contribution in [3.63, 3.8) is 0 Å². The topological polar surface area (TPSA) is 33.1 Å². The zero-order valence-corrected chi connectivity index (χ0v) is 11.2. The Bertz CT molecular complexity index is 623. The van der Waals surface area contributed by atoms with E-state index in [1.165, 1.54) is 18.3 Å². The number of halogens is 3. The number of hydrogen-bond acceptors (Lipinski definition) is 2. The van der Waals surface area contributed by atoms with Crippen molar-refractivity contribution < 1.29 is 13.9 Å². The van der Waals surface area contributed by atoms with Crippen LogP contribution in [0.2, 0.25) is 5.02 Å². The van der Waals surface area contributed by atoms with Gasteiger partial charge in [-0.2, -0.15) is 0 Å². The monoisotopic (exact) mass is 283 g/mol. The van der Waals surface area contributed by atoms with E-state index < -0.39 is 17.2 Å². The van der Waals surface area contributed by atoms with Gasteiger partial charge >= 0.3 is 0 Å². The van der Waals surface area contributed by atoms with Crippen molar-refractivity contribution in [1.82, 2.24) is 4.98 Å². The number of aromatic nitrogens is 1. The lowest BCUT2D eigenvalue weighted by atomic mass is 9.99. The second-order valence-corrected chi connectivity index (χ2v) is 5.14. The molecule has 0 spiro atoms. The zero-order valence-electron chi connectivity index (χ0n) is 10.4. The number of benzene rings is 1. The molecule has 2 rings (SSSR count). The molecule has 1 heterocycles. The van der Waals surface area contributed by atoms with E-state index in [4.69, 9.17) is 11.6 Å². The first kappa shape index (κ1) is 13.9. The van der Waals surface area contributed by atoms with Crippen molar-refractivity contribution in [2.75, 3.05) is 0 Å². The lowest BCUT2D eigenvalue weighted by Crippen LogP contribution is -2.15. The normalized spacial score (nSPS) is 11.7. The molecule has 0 fully saturated rings. The molecule has 19 heavy (non-hydrogen) atoms. The maximum absolute atomic E-state index is 13.7. The van der Waals surface area contributed by atoms with E-state index in [0.717, 1.165) is 12.1 Å². The van der Waals surface area contributed by atoms with Crippen molar-refractivity contribution >= 4 is 11.6 Å². The summed E-state index contributed by atoms with van der Waals surface area (Å²) < 4.78 is 26.5. The van der Waals surface area contributed by atoms with Gasteiger partial charge in [0.15, 0.2) is 0 Å². The van der Waals surface area contributed by atoms with Gasteiger partial charge in [0, 0.05) is 23.4 Å². The van der Waals surface area contributed by atoms with E-state index in [0.29, 0.717) is 5.56 Å². The summed E-state index contributed by atoms with van der Waals surface area (Å²) in [6.45, 7) is 3.19. The Labute approximate surface area is 114 Å². The number of aliphatic hydroxyl groups is 1. The van der Waals surface area contributed by atoms with Crippen molar-refractivity contribution in [1.29, 1.82) is 0 Å². The van der Waals surface area contributed by atoms with Gasteiger partial charge < -0.3 is 5.11 Å². The highest BCUT2D eigenvalue weighted by molar-refractivity contribution is 6.33. The fraction of sp³-hybridized carbons (Fsp3) is 0.214. The van der Waals surface area contributed by atoms with Crippen molar-refractivity contribution in [2.24, 2.45) is 0 Å². The molecule has 0 saturated carbocycles. The summed E-state index contributed by atoms with van der Waals surface area (Å²) in [6, 6.07) is 4.72. The molecule has 0 radical (unpaired) electrons. The Morgan fingerprint density at radius 3 is 2.42 bits per heavy atom. The Morgan fingerprint density at radius 2 is 1.89 bits per heavy atom. The first-order valence-electron chi connectivity index (χ1n) is 5.63. The van der Waals surface area contributed by atoms with Gasteiger partial charge in [-0.15, -0.1) is 0 Å². The van der Waals surface area contributed by atoms with Crippen LogP contribution in [0.5, 0.6) is 0 Å². The Kier molecular flexibility index (Phi) is 3.56.